The smallest absolute Gasteiger partial charge is 0.410 e. The maximum absolute atomic E-state index is 15.0. The van der Waals surface area contributed by atoms with E-state index < -0.39 is 23.3 Å². The zero-order valence-corrected chi connectivity index (χ0v) is 19.3. The Bertz CT molecular complexity index is 1200. The number of nitrogens with one attached hydrogen (secondary N) is 1. The predicted octanol–water partition coefficient (Wildman–Crippen LogP) is 5.81. The SMILES string of the molecule is CC(C)(C)OC(=O)N1CCCC(c2nc3c(Nc4cccc(Cl)c4F)ncnc3cc2F)C1. The number of fused-ring (bicyclic) bond motifs is 1. The lowest BCUT2D eigenvalue weighted by molar-refractivity contribution is 0.0196. The van der Waals surface area contributed by atoms with Gasteiger partial charge in [0.05, 0.1) is 21.9 Å². The molecule has 33 heavy (non-hydrogen) atoms. The number of piperidine rings is 1. The Balaban J connectivity index is 1.66. The molecule has 0 bridgehead atoms. The molecule has 1 N–H and O–H groups in total. The Kier molecular flexibility index (Phi) is 6.34. The predicted molar refractivity (Wildman–Crippen MR) is 122 cm³/mol. The lowest BCUT2D eigenvalue weighted by Crippen LogP contribution is -2.42. The summed E-state index contributed by atoms with van der Waals surface area (Å²) in [6.45, 7) is 6.21. The van der Waals surface area contributed by atoms with Crippen molar-refractivity contribution in [2.45, 2.75) is 45.1 Å². The summed E-state index contributed by atoms with van der Waals surface area (Å²) in [7, 11) is 0. The van der Waals surface area contributed by atoms with E-state index in [2.05, 4.69) is 20.3 Å². The number of halogens is 3. The van der Waals surface area contributed by atoms with E-state index in [1.807, 2.05) is 0 Å². The molecular weight excluding hydrogens is 452 g/mol. The maximum atomic E-state index is 15.0. The molecule has 1 amide bonds. The van der Waals surface area contributed by atoms with Crippen LogP contribution < -0.4 is 5.32 Å². The van der Waals surface area contributed by atoms with Gasteiger partial charge in [-0.25, -0.2) is 28.5 Å². The number of anilines is 2. The minimum atomic E-state index is -0.631. The van der Waals surface area contributed by atoms with Crippen LogP contribution in [0.1, 0.15) is 45.2 Å². The minimum absolute atomic E-state index is 0.0394. The van der Waals surface area contributed by atoms with E-state index in [0.717, 1.165) is 0 Å². The summed E-state index contributed by atoms with van der Waals surface area (Å²) < 4.78 is 34.9. The second-order valence-corrected chi connectivity index (χ2v) is 9.34. The summed E-state index contributed by atoms with van der Waals surface area (Å²) in [5.41, 5.74) is 0.270. The Morgan fingerprint density at radius 3 is 2.82 bits per heavy atom. The third-order valence-corrected chi connectivity index (χ3v) is 5.55. The normalized spacial score (nSPS) is 16.7. The summed E-state index contributed by atoms with van der Waals surface area (Å²) in [4.78, 5) is 26.9. The lowest BCUT2D eigenvalue weighted by atomic mass is 9.94. The van der Waals surface area contributed by atoms with E-state index in [4.69, 9.17) is 16.3 Å². The van der Waals surface area contributed by atoms with Crippen molar-refractivity contribution in [3.63, 3.8) is 0 Å². The van der Waals surface area contributed by atoms with Gasteiger partial charge in [-0.3, -0.25) is 0 Å². The Morgan fingerprint density at radius 2 is 2.06 bits per heavy atom. The van der Waals surface area contributed by atoms with Crippen molar-refractivity contribution in [1.29, 1.82) is 0 Å². The van der Waals surface area contributed by atoms with Gasteiger partial charge < -0.3 is 15.0 Å². The molecule has 1 aliphatic heterocycles. The van der Waals surface area contributed by atoms with Gasteiger partial charge >= 0.3 is 6.09 Å². The van der Waals surface area contributed by atoms with Crippen LogP contribution in [0.3, 0.4) is 0 Å². The number of rotatable bonds is 3. The Hall–Kier alpha value is -3.07. The summed E-state index contributed by atoms with van der Waals surface area (Å²) in [6.07, 6.45) is 2.16. The molecule has 3 heterocycles. The summed E-state index contributed by atoms with van der Waals surface area (Å²) >= 11 is 5.87. The number of benzene rings is 1. The molecule has 1 atom stereocenters. The van der Waals surface area contributed by atoms with Gasteiger partial charge in [-0.1, -0.05) is 17.7 Å². The van der Waals surface area contributed by atoms with Crippen LogP contribution >= 0.6 is 11.6 Å². The fourth-order valence-corrected chi connectivity index (χ4v) is 3.95. The van der Waals surface area contributed by atoms with Crippen LogP contribution in [0.15, 0.2) is 30.6 Å². The first kappa shape index (κ1) is 23.1. The van der Waals surface area contributed by atoms with Gasteiger partial charge in [-0.2, -0.15) is 0 Å². The molecule has 0 spiro atoms. The molecule has 1 unspecified atom stereocenters. The highest BCUT2D eigenvalue weighted by atomic mass is 35.5. The molecule has 4 rings (SSSR count). The third kappa shape index (κ3) is 5.13. The number of amides is 1. The molecule has 1 fully saturated rings. The Morgan fingerprint density at radius 1 is 1.27 bits per heavy atom. The molecule has 0 aliphatic carbocycles. The number of likely N-dealkylation sites (tertiary alicyclic amines) is 1. The lowest BCUT2D eigenvalue weighted by Gasteiger charge is -2.34. The zero-order valence-electron chi connectivity index (χ0n) is 18.5. The number of aromatic nitrogens is 3. The first-order valence-corrected chi connectivity index (χ1v) is 11.0. The quantitative estimate of drug-likeness (QED) is 0.514. The average molecular weight is 476 g/mol. The second kappa shape index (κ2) is 9.05. The summed E-state index contributed by atoms with van der Waals surface area (Å²) in [5.74, 6) is -1.25. The van der Waals surface area contributed by atoms with Gasteiger partial charge in [-0.15, -0.1) is 0 Å². The van der Waals surface area contributed by atoms with Gasteiger partial charge in [0.1, 0.15) is 23.3 Å². The number of ether oxygens (including phenoxy) is 1. The van der Waals surface area contributed by atoms with E-state index in [9.17, 15) is 9.18 Å². The Labute approximate surface area is 195 Å². The van der Waals surface area contributed by atoms with Crippen molar-refractivity contribution < 1.29 is 18.3 Å². The molecule has 1 aromatic carbocycles. The molecule has 2 aromatic heterocycles. The number of carbonyl (C=O) groups is 1. The monoisotopic (exact) mass is 475 g/mol. The second-order valence-electron chi connectivity index (χ2n) is 8.94. The van der Waals surface area contributed by atoms with Gasteiger partial charge in [0.2, 0.25) is 0 Å². The van der Waals surface area contributed by atoms with E-state index in [1.165, 1.54) is 24.5 Å². The fraction of sp³-hybridized carbons (Fsp3) is 0.391. The van der Waals surface area contributed by atoms with Crippen LogP contribution in [0.4, 0.5) is 25.1 Å². The molecule has 1 aliphatic rings. The van der Waals surface area contributed by atoms with Gasteiger partial charge in [0.25, 0.3) is 0 Å². The van der Waals surface area contributed by atoms with Crippen molar-refractivity contribution in [2.75, 3.05) is 18.4 Å². The molecule has 0 radical (unpaired) electrons. The number of hydrogen-bond donors (Lipinski definition) is 1. The zero-order chi connectivity index (χ0) is 23.8. The largest absolute Gasteiger partial charge is 0.444 e. The molecule has 0 saturated carbocycles. The highest BCUT2D eigenvalue weighted by Gasteiger charge is 2.31. The van der Waals surface area contributed by atoms with Crippen LogP contribution in [-0.4, -0.2) is 44.6 Å². The highest BCUT2D eigenvalue weighted by Crippen LogP contribution is 2.32. The van der Waals surface area contributed by atoms with Crippen LogP contribution in [-0.2, 0) is 4.74 Å². The number of carbonyl (C=O) groups excluding carboxylic acids is 1. The van der Waals surface area contributed by atoms with E-state index in [1.54, 1.807) is 31.7 Å². The highest BCUT2D eigenvalue weighted by molar-refractivity contribution is 6.31. The molecule has 174 valence electrons. The van der Waals surface area contributed by atoms with E-state index >= 15 is 4.39 Å². The fourth-order valence-electron chi connectivity index (χ4n) is 3.77. The number of hydrogen-bond acceptors (Lipinski definition) is 6. The minimum Gasteiger partial charge on any atom is -0.444 e. The average Bonchev–Trinajstić information content (AvgIpc) is 2.75. The topological polar surface area (TPSA) is 80.2 Å². The summed E-state index contributed by atoms with van der Waals surface area (Å²) in [6, 6.07) is 5.83. The van der Waals surface area contributed by atoms with Crippen molar-refractivity contribution >= 4 is 40.2 Å². The van der Waals surface area contributed by atoms with Crippen LogP contribution in [0.5, 0.6) is 0 Å². The van der Waals surface area contributed by atoms with Crippen molar-refractivity contribution in [2.24, 2.45) is 0 Å². The van der Waals surface area contributed by atoms with Crippen LogP contribution in [0, 0.1) is 11.6 Å². The van der Waals surface area contributed by atoms with Crippen molar-refractivity contribution in [1.82, 2.24) is 19.9 Å². The molecule has 10 heteroatoms. The number of pyridine rings is 1. The van der Waals surface area contributed by atoms with Gasteiger partial charge in [0, 0.05) is 25.1 Å². The van der Waals surface area contributed by atoms with Crippen molar-refractivity contribution in [3.8, 4) is 0 Å². The molecule has 3 aromatic rings. The molecular formula is C23H24ClF2N5O2. The molecule has 1 saturated heterocycles. The van der Waals surface area contributed by atoms with E-state index in [0.29, 0.717) is 24.9 Å². The summed E-state index contributed by atoms with van der Waals surface area (Å²) in [5, 5.41) is 2.84. The first-order chi connectivity index (χ1) is 15.6. The molecule has 7 nitrogen and oxygen atoms in total. The van der Waals surface area contributed by atoms with Gasteiger partial charge in [0.15, 0.2) is 11.6 Å². The maximum Gasteiger partial charge on any atom is 0.410 e. The third-order valence-electron chi connectivity index (χ3n) is 5.26. The van der Waals surface area contributed by atoms with Crippen molar-refractivity contribution in [3.05, 3.63) is 52.9 Å². The number of nitrogens with zero attached hydrogens (tertiary/aromatic N) is 4. The van der Waals surface area contributed by atoms with Crippen LogP contribution in [0.25, 0.3) is 11.0 Å². The van der Waals surface area contributed by atoms with Crippen LogP contribution in [0.2, 0.25) is 5.02 Å². The van der Waals surface area contributed by atoms with E-state index in [-0.39, 0.29) is 40.2 Å². The standard InChI is InChI=1S/C23H24ClF2N5O2/c1-23(2,3)33-22(32)31-9-5-6-13(11-31)19-15(25)10-17-20(30-19)21(28-12-27-17)29-16-8-4-7-14(24)18(16)26/h4,7-8,10,12-13H,5-6,9,11H2,1-3H3,(H,27,28,29). The van der Waals surface area contributed by atoms with Gasteiger partial charge in [-0.05, 0) is 45.7 Å². The first-order valence-electron chi connectivity index (χ1n) is 10.6.